The smallest absolute Gasteiger partial charge is 0.276 e. The van der Waals surface area contributed by atoms with Crippen LogP contribution in [-0.4, -0.2) is 42.3 Å². The topological polar surface area (TPSA) is 50.8 Å². The number of thiocarbonyl (C=S) groups is 1. The van der Waals surface area contributed by atoms with Gasteiger partial charge in [-0.2, -0.15) is 0 Å². The average molecular weight is 332 g/mol. The van der Waals surface area contributed by atoms with Crippen LogP contribution in [0, 0.1) is 0 Å². The van der Waals surface area contributed by atoms with Crippen molar-refractivity contribution < 1.29 is 14.3 Å². The quantitative estimate of drug-likeness (QED) is 0.491. The molecule has 122 valence electrons. The highest BCUT2D eigenvalue weighted by molar-refractivity contribution is 7.80. The molecule has 0 spiro atoms. The maximum atomic E-state index is 12.5. The molecule has 2 aliphatic rings. The monoisotopic (exact) mass is 332 g/mol. The second kappa shape index (κ2) is 7.10. The Hall–Kier alpha value is -1.92. The van der Waals surface area contributed by atoms with Gasteiger partial charge in [-0.05, 0) is 54.9 Å². The Morgan fingerprint density at radius 1 is 1.48 bits per heavy atom. The van der Waals surface area contributed by atoms with Crippen molar-refractivity contribution in [2.24, 2.45) is 0 Å². The van der Waals surface area contributed by atoms with E-state index in [4.69, 9.17) is 21.7 Å². The molecule has 1 aromatic rings. The zero-order valence-electron chi connectivity index (χ0n) is 13.1. The number of hydrogen-bond donors (Lipinski definition) is 1. The maximum absolute atomic E-state index is 12.5. The van der Waals surface area contributed by atoms with Crippen molar-refractivity contribution in [3.8, 4) is 5.75 Å². The summed E-state index contributed by atoms with van der Waals surface area (Å²) in [7, 11) is 0. The van der Waals surface area contributed by atoms with Gasteiger partial charge in [0.2, 0.25) is 0 Å². The fraction of sp³-hybridized carbons (Fsp3) is 0.412. The molecule has 1 fully saturated rings. The van der Waals surface area contributed by atoms with Crippen LogP contribution in [0.1, 0.15) is 24.5 Å². The van der Waals surface area contributed by atoms with Gasteiger partial charge in [-0.1, -0.05) is 6.07 Å². The first-order chi connectivity index (χ1) is 11.2. The van der Waals surface area contributed by atoms with E-state index < -0.39 is 0 Å². The number of rotatable bonds is 6. The van der Waals surface area contributed by atoms with Crippen molar-refractivity contribution in [1.29, 1.82) is 0 Å². The number of fused-ring (bicyclic) bond motifs is 1. The van der Waals surface area contributed by atoms with Gasteiger partial charge in [0.05, 0.1) is 6.61 Å². The summed E-state index contributed by atoms with van der Waals surface area (Å²) < 4.78 is 10.8. The van der Waals surface area contributed by atoms with Crippen molar-refractivity contribution >= 4 is 29.3 Å². The van der Waals surface area contributed by atoms with E-state index in [1.807, 2.05) is 25.1 Å². The molecule has 0 aliphatic carbocycles. The number of amides is 1. The number of ether oxygens (including phenoxy) is 2. The van der Waals surface area contributed by atoms with Crippen molar-refractivity contribution in [1.82, 2.24) is 10.2 Å². The van der Waals surface area contributed by atoms with Gasteiger partial charge in [0, 0.05) is 26.2 Å². The Morgan fingerprint density at radius 2 is 2.35 bits per heavy atom. The molecule has 3 rings (SSSR count). The lowest BCUT2D eigenvalue weighted by atomic mass is 10.1. The number of nitrogens with zero attached hydrogens (tertiary/aromatic N) is 1. The molecule has 0 radical (unpaired) electrons. The second-order valence-electron chi connectivity index (χ2n) is 5.46. The van der Waals surface area contributed by atoms with E-state index in [0.29, 0.717) is 30.6 Å². The molecule has 0 atom stereocenters. The molecule has 0 unspecified atom stereocenters. The Bertz CT molecular complexity index is 657. The van der Waals surface area contributed by atoms with Gasteiger partial charge in [-0.15, -0.1) is 0 Å². The first-order valence-electron chi connectivity index (χ1n) is 7.87. The lowest BCUT2D eigenvalue weighted by molar-refractivity contribution is -0.122. The van der Waals surface area contributed by atoms with E-state index in [2.05, 4.69) is 11.4 Å². The van der Waals surface area contributed by atoms with Crippen molar-refractivity contribution in [2.45, 2.75) is 19.8 Å². The van der Waals surface area contributed by atoms with Gasteiger partial charge < -0.3 is 14.8 Å². The molecule has 1 aromatic carbocycles. The molecule has 0 aromatic heterocycles. The minimum atomic E-state index is -0.0803. The standard InChI is InChI=1S/C17H20N2O3S/c1-2-21-8-3-7-19-16(20)14(18-17(19)23)11-12-4-5-15-13(10-12)6-9-22-15/h4-5,10-11H,2-3,6-9H2,1H3,(H,18,23)/b14-11-. The molecule has 1 saturated heterocycles. The summed E-state index contributed by atoms with van der Waals surface area (Å²) in [6, 6.07) is 5.96. The van der Waals surface area contributed by atoms with Crippen LogP contribution in [-0.2, 0) is 16.0 Å². The van der Waals surface area contributed by atoms with Crippen molar-refractivity contribution in [3.63, 3.8) is 0 Å². The van der Waals surface area contributed by atoms with Gasteiger partial charge in [-0.25, -0.2) is 0 Å². The number of nitrogens with one attached hydrogen (secondary N) is 1. The molecule has 0 saturated carbocycles. The summed E-state index contributed by atoms with van der Waals surface area (Å²) in [5.74, 6) is 0.856. The van der Waals surface area contributed by atoms with Gasteiger partial charge in [0.15, 0.2) is 5.11 Å². The minimum absolute atomic E-state index is 0.0803. The lowest BCUT2D eigenvalue weighted by Crippen LogP contribution is -2.32. The van der Waals surface area contributed by atoms with Gasteiger partial charge in [-0.3, -0.25) is 9.69 Å². The molecule has 1 amide bonds. The molecular weight excluding hydrogens is 312 g/mol. The van der Waals surface area contributed by atoms with E-state index in [9.17, 15) is 4.79 Å². The molecule has 6 heteroatoms. The van der Waals surface area contributed by atoms with E-state index in [-0.39, 0.29) is 5.91 Å². The summed E-state index contributed by atoms with van der Waals surface area (Å²) in [4.78, 5) is 14.1. The summed E-state index contributed by atoms with van der Waals surface area (Å²) in [5, 5.41) is 3.47. The molecule has 2 heterocycles. The fourth-order valence-corrected chi connectivity index (χ4v) is 2.99. The predicted octanol–water partition coefficient (Wildman–Crippen LogP) is 2.11. The van der Waals surface area contributed by atoms with Crippen molar-refractivity contribution in [2.75, 3.05) is 26.4 Å². The van der Waals surface area contributed by atoms with Crippen LogP contribution in [0.4, 0.5) is 0 Å². The largest absolute Gasteiger partial charge is 0.493 e. The fourth-order valence-electron chi connectivity index (χ4n) is 2.71. The summed E-state index contributed by atoms with van der Waals surface area (Å²) in [5.41, 5.74) is 2.68. The third-order valence-electron chi connectivity index (χ3n) is 3.86. The highest BCUT2D eigenvalue weighted by atomic mass is 32.1. The lowest BCUT2D eigenvalue weighted by Gasteiger charge is -2.13. The van der Waals surface area contributed by atoms with Gasteiger partial charge in [0.1, 0.15) is 11.4 Å². The maximum Gasteiger partial charge on any atom is 0.276 e. The van der Waals surface area contributed by atoms with E-state index >= 15 is 0 Å². The first-order valence-corrected chi connectivity index (χ1v) is 8.28. The molecule has 1 N–H and O–H groups in total. The molecule has 23 heavy (non-hydrogen) atoms. The van der Waals surface area contributed by atoms with Crippen LogP contribution in [0.3, 0.4) is 0 Å². The highest BCUT2D eigenvalue weighted by Crippen LogP contribution is 2.27. The highest BCUT2D eigenvalue weighted by Gasteiger charge is 2.30. The van der Waals surface area contributed by atoms with Gasteiger partial charge in [0.25, 0.3) is 5.91 Å². The summed E-state index contributed by atoms with van der Waals surface area (Å²) in [6.07, 6.45) is 3.52. The molecule has 2 aliphatic heterocycles. The van der Waals surface area contributed by atoms with E-state index in [1.54, 1.807) is 4.90 Å². The normalized spacial score (nSPS) is 18.3. The van der Waals surface area contributed by atoms with Crippen LogP contribution in [0.25, 0.3) is 6.08 Å². The summed E-state index contributed by atoms with van der Waals surface area (Å²) >= 11 is 5.26. The van der Waals surface area contributed by atoms with E-state index in [1.165, 1.54) is 5.56 Å². The third-order valence-corrected chi connectivity index (χ3v) is 4.18. The number of hydrogen-bond acceptors (Lipinski definition) is 4. The predicted molar refractivity (Wildman–Crippen MR) is 92.2 cm³/mol. The molecule has 5 nitrogen and oxygen atoms in total. The van der Waals surface area contributed by atoms with Crippen molar-refractivity contribution in [3.05, 3.63) is 35.0 Å². The zero-order chi connectivity index (χ0) is 16.2. The number of carbonyl (C=O) groups excluding carboxylic acids is 1. The molecule has 0 bridgehead atoms. The Kier molecular flexibility index (Phi) is 4.93. The van der Waals surface area contributed by atoms with E-state index in [0.717, 1.165) is 30.8 Å². The number of benzene rings is 1. The van der Waals surface area contributed by atoms with Crippen LogP contribution in [0.15, 0.2) is 23.9 Å². The average Bonchev–Trinajstić information content (AvgIpc) is 3.10. The molecular formula is C17H20N2O3S. The van der Waals surface area contributed by atoms with Crippen LogP contribution < -0.4 is 10.1 Å². The Morgan fingerprint density at radius 3 is 3.17 bits per heavy atom. The van der Waals surface area contributed by atoms with Crippen LogP contribution in [0.5, 0.6) is 5.75 Å². The summed E-state index contributed by atoms with van der Waals surface area (Å²) in [6.45, 7) is 4.57. The minimum Gasteiger partial charge on any atom is -0.493 e. The van der Waals surface area contributed by atoms with Crippen LogP contribution >= 0.6 is 12.2 Å². The van der Waals surface area contributed by atoms with Gasteiger partial charge >= 0.3 is 0 Å². The Labute approximate surface area is 141 Å². The third kappa shape index (κ3) is 3.54. The number of carbonyl (C=O) groups is 1. The van der Waals surface area contributed by atoms with Crippen LogP contribution in [0.2, 0.25) is 0 Å². The zero-order valence-corrected chi connectivity index (χ0v) is 13.9. The second-order valence-corrected chi connectivity index (χ2v) is 5.85. The first kappa shape index (κ1) is 16.0. The Balaban J connectivity index is 1.68. The SMILES string of the molecule is CCOCCCN1C(=O)/C(=C/c2ccc3c(c2)CCO3)NC1=S.